The van der Waals surface area contributed by atoms with E-state index in [2.05, 4.69) is 32.6 Å². The molecule has 2 atom stereocenters. The van der Waals surface area contributed by atoms with Crippen LogP contribution in [-0.2, 0) is 4.74 Å². The molecule has 1 heterocycles. The van der Waals surface area contributed by atoms with E-state index >= 15 is 0 Å². The van der Waals surface area contributed by atoms with Gasteiger partial charge in [-0.15, -0.1) is 0 Å². The molecule has 0 aliphatic carbocycles. The van der Waals surface area contributed by atoms with Gasteiger partial charge in [-0.3, -0.25) is 4.90 Å². The van der Waals surface area contributed by atoms with Crippen molar-refractivity contribution in [1.29, 1.82) is 0 Å². The van der Waals surface area contributed by atoms with Crippen LogP contribution in [0.15, 0.2) is 0 Å². The highest BCUT2D eigenvalue weighted by atomic mass is 16.5. The van der Waals surface area contributed by atoms with Crippen molar-refractivity contribution in [3.8, 4) is 0 Å². The molecule has 0 aromatic heterocycles. The number of likely N-dealkylation sites (tertiary alicyclic amines) is 1. The third kappa shape index (κ3) is 1.80. The SMILES string of the molecule is CO[C@@H]1CCN(C(C)(C)C)[C@@H]1C. The molecule has 0 unspecified atom stereocenters. The fourth-order valence-corrected chi connectivity index (χ4v) is 2.17. The lowest BCUT2D eigenvalue weighted by Gasteiger charge is -2.36. The molecule has 0 aromatic rings. The number of hydrogen-bond donors (Lipinski definition) is 0. The maximum atomic E-state index is 5.41. The molecule has 1 fully saturated rings. The molecule has 0 N–H and O–H groups in total. The van der Waals surface area contributed by atoms with Crippen LogP contribution < -0.4 is 0 Å². The highest BCUT2D eigenvalue weighted by Gasteiger charge is 2.36. The number of rotatable bonds is 1. The minimum absolute atomic E-state index is 0.284. The molecule has 0 aromatic carbocycles. The average molecular weight is 171 g/mol. The van der Waals surface area contributed by atoms with Crippen molar-refractivity contribution in [3.05, 3.63) is 0 Å². The predicted molar refractivity (Wildman–Crippen MR) is 51.3 cm³/mol. The molecule has 0 bridgehead atoms. The zero-order chi connectivity index (χ0) is 9.35. The number of ether oxygens (including phenoxy) is 1. The monoisotopic (exact) mass is 171 g/mol. The maximum absolute atomic E-state index is 5.41. The molecule has 0 saturated carbocycles. The second-order valence-corrected chi connectivity index (χ2v) is 4.67. The first-order chi connectivity index (χ1) is 5.46. The van der Waals surface area contributed by atoms with E-state index in [9.17, 15) is 0 Å². The minimum Gasteiger partial charge on any atom is -0.380 e. The molecule has 0 spiro atoms. The lowest BCUT2D eigenvalue weighted by molar-refractivity contribution is 0.0444. The molecule has 1 rings (SSSR count). The molecule has 1 saturated heterocycles. The van der Waals surface area contributed by atoms with Crippen molar-refractivity contribution in [2.24, 2.45) is 0 Å². The van der Waals surface area contributed by atoms with Crippen LogP contribution in [0.4, 0.5) is 0 Å². The number of methoxy groups -OCH3 is 1. The third-order valence-corrected chi connectivity index (χ3v) is 2.85. The lowest BCUT2D eigenvalue weighted by atomic mass is 10.0. The van der Waals surface area contributed by atoms with Crippen molar-refractivity contribution >= 4 is 0 Å². The maximum Gasteiger partial charge on any atom is 0.0736 e. The zero-order valence-corrected chi connectivity index (χ0v) is 8.92. The van der Waals surface area contributed by atoms with Crippen molar-refractivity contribution in [1.82, 2.24) is 4.90 Å². The van der Waals surface area contributed by atoms with Crippen LogP contribution in [0.1, 0.15) is 34.1 Å². The largest absolute Gasteiger partial charge is 0.380 e. The van der Waals surface area contributed by atoms with Crippen molar-refractivity contribution in [2.75, 3.05) is 13.7 Å². The van der Waals surface area contributed by atoms with Gasteiger partial charge >= 0.3 is 0 Å². The van der Waals surface area contributed by atoms with Gasteiger partial charge in [0.2, 0.25) is 0 Å². The Hall–Kier alpha value is -0.0800. The first kappa shape index (κ1) is 10.0. The lowest BCUT2D eigenvalue weighted by Crippen LogP contribution is -2.45. The number of nitrogens with zero attached hydrogens (tertiary/aromatic N) is 1. The summed E-state index contributed by atoms with van der Waals surface area (Å²) in [6.45, 7) is 10.2. The van der Waals surface area contributed by atoms with Gasteiger partial charge in [-0.1, -0.05) is 0 Å². The van der Waals surface area contributed by atoms with Crippen LogP contribution in [0.2, 0.25) is 0 Å². The Labute approximate surface area is 75.9 Å². The Bertz CT molecular complexity index is 150. The van der Waals surface area contributed by atoms with E-state index in [1.54, 1.807) is 0 Å². The second-order valence-electron chi connectivity index (χ2n) is 4.67. The van der Waals surface area contributed by atoms with E-state index < -0.39 is 0 Å². The average Bonchev–Trinajstić information content (AvgIpc) is 2.29. The predicted octanol–water partition coefficient (Wildman–Crippen LogP) is 1.89. The highest BCUT2D eigenvalue weighted by Crippen LogP contribution is 2.27. The summed E-state index contributed by atoms with van der Waals surface area (Å²) in [5.74, 6) is 0. The van der Waals surface area contributed by atoms with E-state index in [1.807, 2.05) is 7.11 Å². The van der Waals surface area contributed by atoms with Crippen LogP contribution in [0.25, 0.3) is 0 Å². The van der Waals surface area contributed by atoms with Crippen LogP contribution >= 0.6 is 0 Å². The molecule has 0 radical (unpaired) electrons. The molecule has 2 heteroatoms. The zero-order valence-electron chi connectivity index (χ0n) is 8.92. The van der Waals surface area contributed by atoms with Crippen LogP contribution in [0.3, 0.4) is 0 Å². The smallest absolute Gasteiger partial charge is 0.0736 e. The fraction of sp³-hybridized carbons (Fsp3) is 1.00. The third-order valence-electron chi connectivity index (χ3n) is 2.85. The van der Waals surface area contributed by atoms with E-state index in [0.717, 1.165) is 0 Å². The Morgan fingerprint density at radius 1 is 1.33 bits per heavy atom. The first-order valence-corrected chi connectivity index (χ1v) is 4.76. The summed E-state index contributed by atoms with van der Waals surface area (Å²) >= 11 is 0. The van der Waals surface area contributed by atoms with E-state index in [-0.39, 0.29) is 5.54 Å². The topological polar surface area (TPSA) is 12.5 Å². The quantitative estimate of drug-likeness (QED) is 0.597. The Balaban J connectivity index is 2.61. The summed E-state index contributed by atoms with van der Waals surface area (Å²) in [6.07, 6.45) is 1.61. The molecule has 1 aliphatic rings. The van der Waals surface area contributed by atoms with Gasteiger partial charge in [0.15, 0.2) is 0 Å². The standard InChI is InChI=1S/C10H21NO/c1-8-9(12-5)6-7-11(8)10(2,3)4/h8-9H,6-7H2,1-5H3/t8-,9-/m1/s1. The van der Waals surface area contributed by atoms with Gasteiger partial charge in [0.05, 0.1) is 6.10 Å². The van der Waals surface area contributed by atoms with Crippen molar-refractivity contribution < 1.29 is 4.74 Å². The summed E-state index contributed by atoms with van der Waals surface area (Å²) < 4.78 is 5.41. The van der Waals surface area contributed by atoms with E-state index in [1.165, 1.54) is 13.0 Å². The highest BCUT2D eigenvalue weighted by molar-refractivity contribution is 4.91. The molecular formula is C10H21NO. The molecule has 72 valence electrons. The Kier molecular flexibility index (Phi) is 2.79. The molecule has 1 aliphatic heterocycles. The normalized spacial score (nSPS) is 32.8. The molecular weight excluding hydrogens is 150 g/mol. The molecule has 2 nitrogen and oxygen atoms in total. The fourth-order valence-electron chi connectivity index (χ4n) is 2.17. The van der Waals surface area contributed by atoms with Crippen LogP contribution in [0, 0.1) is 0 Å². The van der Waals surface area contributed by atoms with Crippen molar-refractivity contribution in [2.45, 2.75) is 51.8 Å². The van der Waals surface area contributed by atoms with Gasteiger partial charge < -0.3 is 4.74 Å². The van der Waals surface area contributed by atoms with Crippen molar-refractivity contribution in [3.63, 3.8) is 0 Å². The summed E-state index contributed by atoms with van der Waals surface area (Å²) in [4.78, 5) is 2.52. The van der Waals surface area contributed by atoms with Gasteiger partial charge in [0.1, 0.15) is 0 Å². The van der Waals surface area contributed by atoms with Gasteiger partial charge in [0, 0.05) is 25.2 Å². The Morgan fingerprint density at radius 2 is 1.92 bits per heavy atom. The van der Waals surface area contributed by atoms with E-state index in [0.29, 0.717) is 12.1 Å². The summed E-state index contributed by atoms with van der Waals surface area (Å²) in [5.41, 5.74) is 0.284. The first-order valence-electron chi connectivity index (χ1n) is 4.76. The van der Waals surface area contributed by atoms with Gasteiger partial charge in [-0.25, -0.2) is 0 Å². The van der Waals surface area contributed by atoms with E-state index in [4.69, 9.17) is 4.74 Å². The minimum atomic E-state index is 0.284. The summed E-state index contributed by atoms with van der Waals surface area (Å²) in [6, 6.07) is 0.565. The van der Waals surface area contributed by atoms with Gasteiger partial charge in [-0.05, 0) is 34.1 Å². The Morgan fingerprint density at radius 3 is 2.17 bits per heavy atom. The van der Waals surface area contributed by atoms with Crippen LogP contribution in [-0.4, -0.2) is 36.2 Å². The van der Waals surface area contributed by atoms with Gasteiger partial charge in [-0.2, -0.15) is 0 Å². The molecule has 0 amide bonds. The second kappa shape index (κ2) is 3.35. The molecule has 12 heavy (non-hydrogen) atoms. The summed E-state index contributed by atoms with van der Waals surface area (Å²) in [7, 11) is 1.81. The summed E-state index contributed by atoms with van der Waals surface area (Å²) in [5, 5.41) is 0. The van der Waals surface area contributed by atoms with Gasteiger partial charge in [0.25, 0.3) is 0 Å². The number of hydrogen-bond acceptors (Lipinski definition) is 2. The van der Waals surface area contributed by atoms with Crippen LogP contribution in [0.5, 0.6) is 0 Å².